The van der Waals surface area contributed by atoms with Gasteiger partial charge in [0.1, 0.15) is 5.60 Å². The van der Waals surface area contributed by atoms with Crippen LogP contribution < -0.4 is 5.32 Å². The van der Waals surface area contributed by atoms with E-state index in [1.807, 2.05) is 69.3 Å². The minimum absolute atomic E-state index is 0.456. The highest BCUT2D eigenvalue weighted by atomic mass is 79.9. The molecule has 0 aromatic heterocycles. The Balaban J connectivity index is 2.30. The molecule has 21 heavy (non-hydrogen) atoms. The summed E-state index contributed by atoms with van der Waals surface area (Å²) in [6, 6.07) is 15.5. The summed E-state index contributed by atoms with van der Waals surface area (Å²) in [6.45, 7) is 5.52. The number of benzene rings is 2. The van der Waals surface area contributed by atoms with Crippen LogP contribution in [-0.4, -0.2) is 11.7 Å². The second-order valence-corrected chi connectivity index (χ2v) is 6.51. The van der Waals surface area contributed by atoms with Gasteiger partial charge in [0.2, 0.25) is 0 Å². The zero-order valence-corrected chi connectivity index (χ0v) is 13.9. The Morgan fingerprint density at radius 2 is 1.57 bits per heavy atom. The highest BCUT2D eigenvalue weighted by Crippen LogP contribution is 2.33. The van der Waals surface area contributed by atoms with E-state index in [1.165, 1.54) is 0 Å². The predicted octanol–water partition coefficient (Wildman–Crippen LogP) is 5.46. The Labute approximate surface area is 133 Å². The molecule has 0 aliphatic heterocycles. The number of halogens is 1. The highest BCUT2D eigenvalue weighted by molar-refractivity contribution is 9.10. The second kappa shape index (κ2) is 6.31. The van der Waals surface area contributed by atoms with Gasteiger partial charge in [-0.1, -0.05) is 52.3 Å². The number of rotatable bonds is 2. The molecule has 0 aliphatic carbocycles. The fourth-order valence-corrected chi connectivity index (χ4v) is 2.42. The molecule has 1 amide bonds. The molecule has 0 heterocycles. The number of hydrogen-bond acceptors (Lipinski definition) is 2. The average Bonchev–Trinajstić information content (AvgIpc) is 2.38. The summed E-state index contributed by atoms with van der Waals surface area (Å²) in [5.74, 6) is 0. The molecule has 0 spiro atoms. The van der Waals surface area contributed by atoms with E-state index in [4.69, 9.17) is 4.74 Å². The molecule has 0 saturated heterocycles. The first kappa shape index (κ1) is 15.6. The Morgan fingerprint density at radius 1 is 1.00 bits per heavy atom. The van der Waals surface area contributed by atoms with Crippen molar-refractivity contribution in [2.75, 3.05) is 5.32 Å². The maximum atomic E-state index is 12.0. The van der Waals surface area contributed by atoms with Crippen LogP contribution in [0.25, 0.3) is 11.1 Å². The lowest BCUT2D eigenvalue weighted by atomic mass is 10.0. The number of carbonyl (C=O) groups is 1. The largest absolute Gasteiger partial charge is 0.444 e. The Hall–Kier alpha value is -1.81. The number of nitrogens with one attached hydrogen (secondary N) is 1. The number of carbonyl (C=O) groups excluding carboxylic acids is 1. The molecule has 0 aliphatic rings. The van der Waals surface area contributed by atoms with Crippen LogP contribution in [0.4, 0.5) is 10.5 Å². The maximum absolute atomic E-state index is 12.0. The molecule has 0 fully saturated rings. The van der Waals surface area contributed by atoms with Crippen molar-refractivity contribution in [1.29, 1.82) is 0 Å². The third kappa shape index (κ3) is 4.33. The quantitative estimate of drug-likeness (QED) is 0.782. The first-order valence-corrected chi connectivity index (χ1v) is 7.50. The molecule has 0 bridgehead atoms. The molecule has 2 aromatic carbocycles. The van der Waals surface area contributed by atoms with Crippen LogP contribution in [0.1, 0.15) is 20.8 Å². The Kier molecular flexibility index (Phi) is 4.68. The molecule has 0 atom stereocenters. The van der Waals surface area contributed by atoms with Gasteiger partial charge in [-0.3, -0.25) is 5.32 Å². The molecule has 0 unspecified atom stereocenters. The first-order chi connectivity index (χ1) is 9.87. The molecule has 0 saturated carbocycles. The Morgan fingerprint density at radius 3 is 2.19 bits per heavy atom. The molecule has 110 valence electrons. The summed E-state index contributed by atoms with van der Waals surface area (Å²) >= 11 is 3.54. The molecule has 3 nitrogen and oxygen atoms in total. The molecule has 1 N–H and O–H groups in total. The topological polar surface area (TPSA) is 38.3 Å². The van der Waals surface area contributed by atoms with Crippen molar-refractivity contribution in [1.82, 2.24) is 0 Å². The molecule has 4 heteroatoms. The fraction of sp³-hybridized carbons (Fsp3) is 0.235. The van der Waals surface area contributed by atoms with E-state index in [-0.39, 0.29) is 0 Å². The minimum Gasteiger partial charge on any atom is -0.444 e. The van der Waals surface area contributed by atoms with Crippen molar-refractivity contribution in [2.24, 2.45) is 0 Å². The summed E-state index contributed by atoms with van der Waals surface area (Å²) in [7, 11) is 0. The summed E-state index contributed by atoms with van der Waals surface area (Å²) in [5, 5.41) is 2.81. The third-order valence-corrected chi connectivity index (χ3v) is 3.42. The smallest absolute Gasteiger partial charge is 0.412 e. The van der Waals surface area contributed by atoms with E-state index in [0.29, 0.717) is 0 Å². The normalized spacial score (nSPS) is 11.0. The van der Waals surface area contributed by atoms with Crippen molar-refractivity contribution in [3.8, 4) is 11.1 Å². The van der Waals surface area contributed by atoms with Gasteiger partial charge in [0.15, 0.2) is 0 Å². The van der Waals surface area contributed by atoms with Gasteiger partial charge < -0.3 is 4.74 Å². The number of anilines is 1. The predicted molar refractivity (Wildman–Crippen MR) is 89.4 cm³/mol. The van der Waals surface area contributed by atoms with Crippen LogP contribution in [0.2, 0.25) is 0 Å². The highest BCUT2D eigenvalue weighted by Gasteiger charge is 2.17. The second-order valence-electron chi connectivity index (χ2n) is 5.65. The van der Waals surface area contributed by atoms with Crippen LogP contribution in [0.3, 0.4) is 0 Å². The van der Waals surface area contributed by atoms with E-state index < -0.39 is 11.7 Å². The minimum atomic E-state index is -0.521. The number of ether oxygens (including phenoxy) is 1. The van der Waals surface area contributed by atoms with Crippen molar-refractivity contribution in [3.63, 3.8) is 0 Å². The van der Waals surface area contributed by atoms with Crippen LogP contribution in [0, 0.1) is 0 Å². The Bertz CT molecular complexity index is 647. The van der Waals surface area contributed by atoms with E-state index in [0.717, 1.165) is 21.3 Å². The number of hydrogen-bond donors (Lipinski definition) is 1. The molecule has 0 radical (unpaired) electrons. The zero-order valence-electron chi connectivity index (χ0n) is 12.3. The van der Waals surface area contributed by atoms with E-state index in [1.54, 1.807) is 0 Å². The van der Waals surface area contributed by atoms with Gasteiger partial charge >= 0.3 is 6.09 Å². The van der Waals surface area contributed by atoms with E-state index >= 15 is 0 Å². The maximum Gasteiger partial charge on any atom is 0.412 e. The first-order valence-electron chi connectivity index (χ1n) is 6.71. The van der Waals surface area contributed by atoms with Crippen molar-refractivity contribution in [3.05, 3.63) is 53.0 Å². The van der Waals surface area contributed by atoms with E-state index in [2.05, 4.69) is 21.2 Å². The third-order valence-electron chi connectivity index (χ3n) is 2.73. The lowest BCUT2D eigenvalue weighted by Crippen LogP contribution is -2.27. The lowest BCUT2D eigenvalue weighted by Gasteiger charge is -2.20. The van der Waals surface area contributed by atoms with Gasteiger partial charge in [-0.25, -0.2) is 4.79 Å². The molecular formula is C17H18BrNO2. The van der Waals surface area contributed by atoms with Crippen LogP contribution >= 0.6 is 15.9 Å². The van der Waals surface area contributed by atoms with Gasteiger partial charge in [0.25, 0.3) is 0 Å². The number of para-hydroxylation sites is 1. The van der Waals surface area contributed by atoms with Gasteiger partial charge in [-0.15, -0.1) is 0 Å². The molecule has 2 aromatic rings. The standard InChI is InChI=1S/C17H18BrNO2/c1-17(2,3)21-16(20)19-15-11-7-5-9-13(15)12-8-4-6-10-14(12)18/h4-11H,1-3H3,(H,19,20). The molecule has 2 rings (SSSR count). The van der Waals surface area contributed by atoms with Crippen LogP contribution in [0.5, 0.6) is 0 Å². The SMILES string of the molecule is CC(C)(C)OC(=O)Nc1ccccc1-c1ccccc1Br. The van der Waals surface area contributed by atoms with Gasteiger partial charge in [0.05, 0.1) is 5.69 Å². The molecular weight excluding hydrogens is 330 g/mol. The van der Waals surface area contributed by atoms with Crippen molar-refractivity contribution < 1.29 is 9.53 Å². The van der Waals surface area contributed by atoms with Crippen LogP contribution in [0.15, 0.2) is 53.0 Å². The average molecular weight is 348 g/mol. The van der Waals surface area contributed by atoms with Gasteiger partial charge in [-0.05, 0) is 38.5 Å². The van der Waals surface area contributed by atoms with Gasteiger partial charge in [0, 0.05) is 10.0 Å². The lowest BCUT2D eigenvalue weighted by molar-refractivity contribution is 0.0636. The van der Waals surface area contributed by atoms with Crippen molar-refractivity contribution in [2.45, 2.75) is 26.4 Å². The monoisotopic (exact) mass is 347 g/mol. The summed E-state index contributed by atoms with van der Waals surface area (Å²) in [5.41, 5.74) is 2.16. The summed E-state index contributed by atoms with van der Waals surface area (Å²) < 4.78 is 6.28. The summed E-state index contributed by atoms with van der Waals surface area (Å²) in [6.07, 6.45) is -0.456. The zero-order chi connectivity index (χ0) is 15.5. The number of amides is 1. The van der Waals surface area contributed by atoms with Gasteiger partial charge in [-0.2, -0.15) is 0 Å². The summed E-state index contributed by atoms with van der Waals surface area (Å²) in [4.78, 5) is 12.0. The van der Waals surface area contributed by atoms with Crippen molar-refractivity contribution >= 4 is 27.7 Å². The fourth-order valence-electron chi connectivity index (χ4n) is 1.92. The van der Waals surface area contributed by atoms with Crippen LogP contribution in [-0.2, 0) is 4.74 Å². The van der Waals surface area contributed by atoms with E-state index in [9.17, 15) is 4.79 Å².